The van der Waals surface area contributed by atoms with Crippen LogP contribution in [0.4, 0.5) is 0 Å². The minimum atomic E-state index is -1.80. The van der Waals surface area contributed by atoms with Gasteiger partial charge in [0.2, 0.25) is 0 Å². The van der Waals surface area contributed by atoms with Gasteiger partial charge in [-0.15, -0.1) is 0 Å². The monoisotopic (exact) mass is 376 g/mol. The Bertz CT molecular complexity index is 1260. The Morgan fingerprint density at radius 3 is 2.79 bits per heavy atom. The molecule has 28 heavy (non-hydrogen) atoms. The van der Waals surface area contributed by atoms with Gasteiger partial charge >= 0.3 is 5.97 Å². The minimum absolute atomic E-state index is 0.112. The second-order valence-corrected chi connectivity index (χ2v) is 7.64. The number of aryl methyl sites for hydroxylation is 2. The molecule has 0 aliphatic carbocycles. The second kappa shape index (κ2) is 5.52. The van der Waals surface area contributed by atoms with E-state index in [0.29, 0.717) is 23.4 Å². The molecule has 4 heterocycles. The smallest absolute Gasteiger partial charge is 0.343 e. The van der Waals surface area contributed by atoms with Crippen LogP contribution in [0.25, 0.3) is 22.3 Å². The van der Waals surface area contributed by atoms with Gasteiger partial charge in [-0.05, 0) is 43.5 Å². The molecule has 6 nitrogen and oxygen atoms in total. The fraction of sp³-hybridized carbons (Fsp3) is 0.318. The summed E-state index contributed by atoms with van der Waals surface area (Å²) in [6.45, 7) is 6.13. The summed E-state index contributed by atoms with van der Waals surface area (Å²) in [5, 5.41) is 12.0. The average molecular weight is 376 g/mol. The van der Waals surface area contributed by atoms with Gasteiger partial charge in [-0.2, -0.15) is 0 Å². The van der Waals surface area contributed by atoms with Crippen LogP contribution in [0, 0.1) is 13.8 Å². The van der Waals surface area contributed by atoms with Gasteiger partial charge < -0.3 is 14.4 Å². The minimum Gasteiger partial charge on any atom is -0.458 e. The highest BCUT2D eigenvalue weighted by molar-refractivity contribution is 5.90. The maximum atomic E-state index is 13.2. The number of hydrogen-bond acceptors (Lipinski definition) is 5. The average Bonchev–Trinajstić information content (AvgIpc) is 3.05. The number of pyridine rings is 2. The second-order valence-electron chi connectivity index (χ2n) is 7.64. The first-order valence-electron chi connectivity index (χ1n) is 9.42. The van der Waals surface area contributed by atoms with Gasteiger partial charge in [0.1, 0.15) is 6.61 Å². The van der Waals surface area contributed by atoms with Crippen LogP contribution in [0.3, 0.4) is 0 Å². The fourth-order valence-corrected chi connectivity index (χ4v) is 4.57. The van der Waals surface area contributed by atoms with Crippen molar-refractivity contribution in [2.75, 3.05) is 0 Å². The maximum absolute atomic E-state index is 13.2. The highest BCUT2D eigenvalue weighted by atomic mass is 16.6. The molecule has 0 amide bonds. The maximum Gasteiger partial charge on any atom is 0.343 e. The third kappa shape index (κ3) is 1.98. The summed E-state index contributed by atoms with van der Waals surface area (Å²) in [6, 6.07) is 7.74. The molecule has 5 rings (SSSR count). The predicted octanol–water partition coefficient (Wildman–Crippen LogP) is 2.70. The van der Waals surface area contributed by atoms with Crippen LogP contribution in [0.15, 0.2) is 29.1 Å². The van der Waals surface area contributed by atoms with Gasteiger partial charge in [0, 0.05) is 16.5 Å². The van der Waals surface area contributed by atoms with Crippen molar-refractivity contribution in [2.45, 2.75) is 45.9 Å². The summed E-state index contributed by atoms with van der Waals surface area (Å²) in [5.41, 5.74) is 4.19. The number of nitrogens with zero attached hydrogens (tertiary/aromatic N) is 2. The SMILES string of the molecule is CC[C@@]1(O)C(=O)OCc2c1cc1n(c2=O)Cc2c-1nc1cccc(C)c1c2C. The van der Waals surface area contributed by atoms with E-state index in [1.165, 1.54) is 0 Å². The number of fused-ring (bicyclic) bond motifs is 5. The van der Waals surface area contributed by atoms with Crippen LogP contribution in [0.1, 0.15) is 41.2 Å². The first-order chi connectivity index (χ1) is 13.4. The van der Waals surface area contributed by atoms with E-state index in [1.807, 2.05) is 12.1 Å². The molecule has 0 saturated carbocycles. The van der Waals surface area contributed by atoms with E-state index in [2.05, 4.69) is 19.9 Å². The van der Waals surface area contributed by atoms with Crippen molar-refractivity contribution in [3.05, 3.63) is 62.4 Å². The summed E-state index contributed by atoms with van der Waals surface area (Å²) in [7, 11) is 0. The van der Waals surface area contributed by atoms with Crippen molar-refractivity contribution in [1.82, 2.24) is 9.55 Å². The normalized spacial score (nSPS) is 19.9. The lowest BCUT2D eigenvalue weighted by atomic mass is 9.86. The van der Waals surface area contributed by atoms with E-state index in [9.17, 15) is 14.7 Å². The summed E-state index contributed by atoms with van der Waals surface area (Å²) in [4.78, 5) is 30.3. The third-order valence-electron chi connectivity index (χ3n) is 6.20. The van der Waals surface area contributed by atoms with Crippen LogP contribution in [0.5, 0.6) is 0 Å². The van der Waals surface area contributed by atoms with E-state index in [4.69, 9.17) is 9.72 Å². The van der Waals surface area contributed by atoms with E-state index in [-0.39, 0.29) is 18.6 Å². The van der Waals surface area contributed by atoms with Crippen LogP contribution in [-0.4, -0.2) is 20.6 Å². The number of ether oxygens (including phenoxy) is 1. The highest BCUT2D eigenvalue weighted by Crippen LogP contribution is 2.40. The zero-order valence-corrected chi connectivity index (χ0v) is 16.0. The van der Waals surface area contributed by atoms with Gasteiger partial charge in [0.15, 0.2) is 5.60 Å². The number of carbonyl (C=O) groups is 1. The molecule has 2 aromatic heterocycles. The van der Waals surface area contributed by atoms with Crippen molar-refractivity contribution in [2.24, 2.45) is 0 Å². The van der Waals surface area contributed by atoms with Gasteiger partial charge in [0.25, 0.3) is 5.56 Å². The van der Waals surface area contributed by atoms with Gasteiger partial charge in [0.05, 0.1) is 29.0 Å². The van der Waals surface area contributed by atoms with E-state index >= 15 is 0 Å². The number of benzene rings is 1. The number of rotatable bonds is 1. The first kappa shape index (κ1) is 17.1. The summed E-state index contributed by atoms with van der Waals surface area (Å²) < 4.78 is 6.79. The molecule has 2 aliphatic heterocycles. The molecule has 0 fully saturated rings. The number of aromatic nitrogens is 2. The highest BCUT2D eigenvalue weighted by Gasteiger charge is 2.45. The quantitative estimate of drug-likeness (QED) is 0.517. The Hall–Kier alpha value is -2.99. The zero-order chi connectivity index (χ0) is 19.8. The zero-order valence-electron chi connectivity index (χ0n) is 16.0. The Balaban J connectivity index is 1.85. The lowest BCUT2D eigenvalue weighted by Crippen LogP contribution is -2.44. The van der Waals surface area contributed by atoms with Crippen molar-refractivity contribution >= 4 is 16.9 Å². The van der Waals surface area contributed by atoms with E-state index < -0.39 is 11.6 Å². The largest absolute Gasteiger partial charge is 0.458 e. The molecular weight excluding hydrogens is 356 g/mol. The van der Waals surface area contributed by atoms with E-state index in [0.717, 1.165) is 33.3 Å². The fourth-order valence-electron chi connectivity index (χ4n) is 4.57. The molecule has 0 bridgehead atoms. The molecule has 142 valence electrons. The first-order valence-corrected chi connectivity index (χ1v) is 9.42. The van der Waals surface area contributed by atoms with Gasteiger partial charge in [-0.1, -0.05) is 19.1 Å². The van der Waals surface area contributed by atoms with E-state index in [1.54, 1.807) is 17.6 Å². The third-order valence-corrected chi connectivity index (χ3v) is 6.20. The van der Waals surface area contributed by atoms with Crippen molar-refractivity contribution in [3.63, 3.8) is 0 Å². The summed E-state index contributed by atoms with van der Waals surface area (Å²) >= 11 is 0. The Labute approximate surface area is 161 Å². The van der Waals surface area contributed by atoms with Gasteiger partial charge in [-0.3, -0.25) is 4.79 Å². The number of cyclic esters (lactones) is 1. The molecular formula is C22H20N2O4. The molecule has 2 aliphatic rings. The number of hydrogen-bond donors (Lipinski definition) is 1. The molecule has 6 heteroatoms. The summed E-state index contributed by atoms with van der Waals surface area (Å²) in [5.74, 6) is -0.705. The van der Waals surface area contributed by atoms with Crippen LogP contribution in [-0.2, 0) is 28.3 Å². The Morgan fingerprint density at radius 2 is 2.04 bits per heavy atom. The van der Waals surface area contributed by atoms with Crippen LogP contribution >= 0.6 is 0 Å². The molecule has 0 saturated heterocycles. The molecule has 3 aromatic rings. The van der Waals surface area contributed by atoms with Crippen LogP contribution < -0.4 is 5.56 Å². The van der Waals surface area contributed by atoms with Crippen molar-refractivity contribution in [3.8, 4) is 11.4 Å². The van der Waals surface area contributed by atoms with Crippen molar-refractivity contribution < 1.29 is 14.6 Å². The molecule has 0 unspecified atom stereocenters. The molecule has 0 spiro atoms. The number of carbonyl (C=O) groups excluding carboxylic acids is 1. The molecule has 1 aromatic carbocycles. The molecule has 1 atom stereocenters. The lowest BCUT2D eigenvalue weighted by molar-refractivity contribution is -0.172. The standard InChI is InChI=1S/C22H20N2O4/c1-4-22(27)15-8-17-19-13(9-24(17)20(25)14(15)10-28-21(22)26)12(3)18-11(2)6-5-7-16(18)23-19/h5-8,27H,4,9-10H2,1-3H3/t22-/m0/s1. The topological polar surface area (TPSA) is 81.4 Å². The predicted molar refractivity (Wildman–Crippen MR) is 104 cm³/mol. The van der Waals surface area contributed by atoms with Gasteiger partial charge in [-0.25, -0.2) is 9.78 Å². The Kier molecular flexibility index (Phi) is 3.37. The molecule has 1 N–H and O–H groups in total. The van der Waals surface area contributed by atoms with Crippen LogP contribution in [0.2, 0.25) is 0 Å². The Morgan fingerprint density at radius 1 is 1.25 bits per heavy atom. The number of esters is 1. The lowest BCUT2D eigenvalue weighted by Gasteiger charge is -2.31. The molecule has 0 radical (unpaired) electrons. The number of aliphatic hydroxyl groups is 1. The summed E-state index contributed by atoms with van der Waals surface area (Å²) in [6.07, 6.45) is 0.137. The van der Waals surface area contributed by atoms with Crippen molar-refractivity contribution in [1.29, 1.82) is 0 Å².